The van der Waals surface area contributed by atoms with E-state index in [2.05, 4.69) is 0 Å². The molecule has 0 rings (SSSR count). The van der Waals surface area contributed by atoms with Crippen molar-refractivity contribution < 1.29 is 8.78 Å². The molecule has 0 N–H and O–H groups in total. The lowest BCUT2D eigenvalue weighted by molar-refractivity contribution is 0.404. The highest BCUT2D eigenvalue weighted by Crippen LogP contribution is 2.46. The van der Waals surface area contributed by atoms with Crippen molar-refractivity contribution in [3.8, 4) is 0 Å². The molecule has 0 bridgehead atoms. The van der Waals surface area contributed by atoms with Gasteiger partial charge in [0.2, 0.25) is 0 Å². The standard InChI is InChI=1S/C10H20F2S2/c1-5-9(3,7-11)13-14-10(4,6-2)8-12/h5-8H2,1-4H3. The average Bonchev–Trinajstić information content (AvgIpc) is 2.25. The van der Waals surface area contributed by atoms with E-state index in [4.69, 9.17) is 0 Å². The maximum absolute atomic E-state index is 12.7. The first-order valence-electron chi connectivity index (χ1n) is 4.94. The molecule has 2 unspecified atom stereocenters. The lowest BCUT2D eigenvalue weighted by Gasteiger charge is -2.29. The lowest BCUT2D eigenvalue weighted by atomic mass is 10.1. The molecule has 0 amide bonds. The summed E-state index contributed by atoms with van der Waals surface area (Å²) in [7, 11) is 2.96. The number of rotatable bonds is 7. The third-order valence-electron chi connectivity index (χ3n) is 2.51. The van der Waals surface area contributed by atoms with Gasteiger partial charge in [-0.1, -0.05) is 35.4 Å². The molecule has 0 radical (unpaired) electrons. The van der Waals surface area contributed by atoms with Crippen LogP contribution in [0.5, 0.6) is 0 Å². The Morgan fingerprint density at radius 3 is 1.29 bits per heavy atom. The van der Waals surface area contributed by atoms with Crippen molar-refractivity contribution in [3.05, 3.63) is 0 Å². The van der Waals surface area contributed by atoms with Crippen LogP contribution in [-0.2, 0) is 0 Å². The summed E-state index contributed by atoms with van der Waals surface area (Å²) in [5.74, 6) is 0. The minimum absolute atomic E-state index is 0.354. The second kappa shape index (κ2) is 6.21. The molecule has 0 saturated carbocycles. The summed E-state index contributed by atoms with van der Waals surface area (Å²) in [6.45, 7) is 7.00. The minimum Gasteiger partial charge on any atom is -0.250 e. The second-order valence-electron chi connectivity index (χ2n) is 4.04. The first-order valence-corrected chi connectivity index (χ1v) is 7.09. The monoisotopic (exact) mass is 242 g/mol. The van der Waals surface area contributed by atoms with E-state index in [9.17, 15) is 8.78 Å². The lowest BCUT2D eigenvalue weighted by Crippen LogP contribution is -2.25. The van der Waals surface area contributed by atoms with Crippen LogP contribution >= 0.6 is 21.6 Å². The number of alkyl halides is 2. The fourth-order valence-electron chi connectivity index (χ4n) is 0.553. The van der Waals surface area contributed by atoms with Gasteiger partial charge in [0.15, 0.2) is 0 Å². The number of hydrogen-bond acceptors (Lipinski definition) is 2. The molecule has 2 atom stereocenters. The highest BCUT2D eigenvalue weighted by Gasteiger charge is 2.30. The molecule has 0 aliphatic heterocycles. The van der Waals surface area contributed by atoms with Crippen molar-refractivity contribution in [2.45, 2.75) is 50.0 Å². The Morgan fingerprint density at radius 2 is 1.14 bits per heavy atom. The maximum Gasteiger partial charge on any atom is 0.105 e. The summed E-state index contributed by atoms with van der Waals surface area (Å²) in [5.41, 5.74) is 0. The number of hydrogen-bond donors (Lipinski definition) is 0. The molecule has 0 aliphatic rings. The van der Waals surface area contributed by atoms with Crippen LogP contribution in [0.4, 0.5) is 8.78 Å². The van der Waals surface area contributed by atoms with Crippen molar-refractivity contribution in [3.63, 3.8) is 0 Å². The Morgan fingerprint density at radius 1 is 0.857 bits per heavy atom. The number of halogens is 2. The molecular weight excluding hydrogens is 222 g/mol. The van der Waals surface area contributed by atoms with E-state index < -0.39 is 0 Å². The van der Waals surface area contributed by atoms with E-state index in [-0.39, 0.29) is 22.8 Å². The maximum atomic E-state index is 12.7. The normalized spacial score (nSPS) is 20.1. The summed E-state index contributed by atoms with van der Waals surface area (Å²) >= 11 is 0. The van der Waals surface area contributed by atoms with Crippen LogP contribution in [0, 0.1) is 0 Å². The van der Waals surface area contributed by atoms with Crippen molar-refractivity contribution in [2.24, 2.45) is 0 Å². The van der Waals surface area contributed by atoms with Gasteiger partial charge in [0.25, 0.3) is 0 Å². The molecule has 0 nitrogen and oxygen atoms in total. The van der Waals surface area contributed by atoms with Gasteiger partial charge in [0, 0.05) is 0 Å². The fraction of sp³-hybridized carbons (Fsp3) is 1.00. The predicted octanol–water partition coefficient (Wildman–Crippen LogP) is 4.64. The quantitative estimate of drug-likeness (QED) is 0.596. The molecule has 0 saturated heterocycles. The van der Waals surface area contributed by atoms with E-state index in [1.54, 1.807) is 0 Å². The zero-order valence-corrected chi connectivity index (χ0v) is 11.0. The van der Waals surface area contributed by atoms with Crippen LogP contribution in [0.3, 0.4) is 0 Å². The second-order valence-corrected chi connectivity index (χ2v) is 7.35. The summed E-state index contributed by atoms with van der Waals surface area (Å²) in [6, 6.07) is 0. The largest absolute Gasteiger partial charge is 0.250 e. The van der Waals surface area contributed by atoms with E-state index >= 15 is 0 Å². The molecule has 0 fully saturated rings. The van der Waals surface area contributed by atoms with Crippen LogP contribution in [-0.4, -0.2) is 22.8 Å². The predicted molar refractivity (Wildman–Crippen MR) is 64.5 cm³/mol. The van der Waals surface area contributed by atoms with Crippen LogP contribution < -0.4 is 0 Å². The zero-order chi connectivity index (χ0) is 11.2. The highest BCUT2D eigenvalue weighted by atomic mass is 33.1. The Kier molecular flexibility index (Phi) is 6.46. The molecule has 4 heteroatoms. The van der Waals surface area contributed by atoms with E-state index in [1.807, 2.05) is 27.7 Å². The van der Waals surface area contributed by atoms with Crippen LogP contribution in [0.2, 0.25) is 0 Å². The molecule has 0 aliphatic carbocycles. The Bertz CT molecular complexity index is 136. The highest BCUT2D eigenvalue weighted by molar-refractivity contribution is 8.77. The molecule has 0 spiro atoms. The van der Waals surface area contributed by atoms with Gasteiger partial charge < -0.3 is 0 Å². The van der Waals surface area contributed by atoms with E-state index in [0.29, 0.717) is 0 Å². The smallest absolute Gasteiger partial charge is 0.105 e. The van der Waals surface area contributed by atoms with Gasteiger partial charge in [0.05, 0.1) is 9.49 Å². The van der Waals surface area contributed by atoms with Gasteiger partial charge in [-0.2, -0.15) is 0 Å². The molecule has 0 heterocycles. The van der Waals surface area contributed by atoms with E-state index in [0.717, 1.165) is 12.8 Å². The molecular formula is C10H20F2S2. The first kappa shape index (κ1) is 14.6. The summed E-state index contributed by atoms with van der Waals surface area (Å²) < 4.78 is 24.7. The van der Waals surface area contributed by atoms with Crippen LogP contribution in [0.25, 0.3) is 0 Å². The minimum atomic E-state index is -0.365. The van der Waals surface area contributed by atoms with Crippen LogP contribution in [0.15, 0.2) is 0 Å². The summed E-state index contributed by atoms with van der Waals surface area (Å²) in [4.78, 5) is 0. The van der Waals surface area contributed by atoms with Gasteiger partial charge in [-0.05, 0) is 26.7 Å². The molecule has 86 valence electrons. The van der Waals surface area contributed by atoms with E-state index in [1.165, 1.54) is 21.6 Å². The SMILES string of the molecule is CCC(C)(CF)SSC(C)(CC)CF. The Hall–Kier alpha value is 0.560. The van der Waals surface area contributed by atoms with Crippen molar-refractivity contribution >= 4 is 21.6 Å². The van der Waals surface area contributed by atoms with Crippen molar-refractivity contribution in [1.82, 2.24) is 0 Å². The van der Waals surface area contributed by atoms with Gasteiger partial charge in [-0.3, -0.25) is 0 Å². The molecule has 0 aromatic heterocycles. The first-order chi connectivity index (χ1) is 6.45. The Labute approximate surface area is 94.0 Å². The van der Waals surface area contributed by atoms with Gasteiger partial charge >= 0.3 is 0 Å². The topological polar surface area (TPSA) is 0 Å². The van der Waals surface area contributed by atoms with Gasteiger partial charge in [0.1, 0.15) is 13.3 Å². The van der Waals surface area contributed by atoms with Crippen LogP contribution in [0.1, 0.15) is 40.5 Å². The Balaban J connectivity index is 4.14. The third kappa shape index (κ3) is 4.39. The summed E-state index contributed by atoms with van der Waals surface area (Å²) in [5, 5.41) is 0. The molecule has 0 aromatic carbocycles. The molecule has 0 aromatic rings. The van der Waals surface area contributed by atoms with Gasteiger partial charge in [-0.25, -0.2) is 8.78 Å². The summed E-state index contributed by atoms with van der Waals surface area (Å²) in [6.07, 6.45) is 1.54. The third-order valence-corrected chi connectivity index (χ3v) is 6.85. The zero-order valence-electron chi connectivity index (χ0n) is 9.40. The fourth-order valence-corrected chi connectivity index (χ4v) is 3.46. The molecule has 14 heavy (non-hydrogen) atoms. The van der Waals surface area contributed by atoms with Crippen molar-refractivity contribution in [2.75, 3.05) is 13.3 Å². The van der Waals surface area contributed by atoms with Gasteiger partial charge in [-0.15, -0.1) is 0 Å². The average molecular weight is 242 g/mol. The van der Waals surface area contributed by atoms with Crippen molar-refractivity contribution in [1.29, 1.82) is 0 Å².